The number of nitro groups is 1. The Morgan fingerprint density at radius 3 is 2.36 bits per heavy atom. The summed E-state index contributed by atoms with van der Waals surface area (Å²) in [5, 5.41) is 17.9. The summed E-state index contributed by atoms with van der Waals surface area (Å²) in [5.74, 6) is 0.447. The summed E-state index contributed by atoms with van der Waals surface area (Å²) in [4.78, 5) is 22.9. The van der Waals surface area contributed by atoms with Gasteiger partial charge >= 0.3 is 5.69 Å². The SMILES string of the molecule is O=[N+]([O-])c1c(Nc2ccc(Cl)c(Cl)c2)ncnc1Nc1ccccn1. The van der Waals surface area contributed by atoms with Crippen molar-refractivity contribution in [3.8, 4) is 0 Å². The number of anilines is 4. The Hall–Kier alpha value is -2.97. The number of benzene rings is 1. The molecule has 0 aliphatic rings. The van der Waals surface area contributed by atoms with Crippen molar-refractivity contribution >= 4 is 52.0 Å². The molecule has 25 heavy (non-hydrogen) atoms. The molecule has 0 atom stereocenters. The number of nitrogens with zero attached hydrogens (tertiary/aromatic N) is 4. The van der Waals surface area contributed by atoms with Crippen LogP contribution in [0.5, 0.6) is 0 Å². The van der Waals surface area contributed by atoms with Gasteiger partial charge in [-0.25, -0.2) is 15.0 Å². The summed E-state index contributed by atoms with van der Waals surface area (Å²) < 4.78 is 0. The topological polar surface area (TPSA) is 106 Å². The van der Waals surface area contributed by atoms with Crippen LogP contribution in [0.3, 0.4) is 0 Å². The lowest BCUT2D eigenvalue weighted by atomic mass is 10.3. The molecule has 0 amide bonds. The van der Waals surface area contributed by atoms with Crippen LogP contribution < -0.4 is 10.6 Å². The van der Waals surface area contributed by atoms with Gasteiger partial charge in [0.25, 0.3) is 0 Å². The quantitative estimate of drug-likeness (QED) is 0.495. The van der Waals surface area contributed by atoms with E-state index in [4.69, 9.17) is 23.2 Å². The first kappa shape index (κ1) is 16.9. The van der Waals surface area contributed by atoms with E-state index in [-0.39, 0.29) is 17.3 Å². The van der Waals surface area contributed by atoms with E-state index in [1.165, 1.54) is 6.33 Å². The maximum absolute atomic E-state index is 11.5. The molecule has 2 heterocycles. The predicted octanol–water partition coefficient (Wildman–Crippen LogP) is 4.57. The summed E-state index contributed by atoms with van der Waals surface area (Å²) in [6.07, 6.45) is 2.77. The number of pyridine rings is 1. The zero-order chi connectivity index (χ0) is 17.8. The average molecular weight is 377 g/mol. The molecule has 3 rings (SSSR count). The Bertz CT molecular complexity index is 923. The highest BCUT2D eigenvalue weighted by atomic mass is 35.5. The van der Waals surface area contributed by atoms with E-state index in [1.807, 2.05) is 0 Å². The van der Waals surface area contributed by atoms with Crippen LogP contribution in [0.4, 0.5) is 28.8 Å². The van der Waals surface area contributed by atoms with Crippen LogP contribution in [-0.4, -0.2) is 19.9 Å². The molecule has 8 nitrogen and oxygen atoms in total. The fraction of sp³-hybridized carbons (Fsp3) is 0. The minimum Gasteiger partial charge on any atom is -0.334 e. The summed E-state index contributed by atoms with van der Waals surface area (Å²) in [7, 11) is 0. The first-order chi connectivity index (χ1) is 12.0. The van der Waals surface area contributed by atoms with Crippen LogP contribution in [0.2, 0.25) is 10.0 Å². The van der Waals surface area contributed by atoms with Crippen molar-refractivity contribution in [1.29, 1.82) is 0 Å². The number of rotatable bonds is 5. The molecule has 0 spiro atoms. The Balaban J connectivity index is 1.97. The first-order valence-corrected chi connectivity index (χ1v) is 7.69. The van der Waals surface area contributed by atoms with Gasteiger partial charge in [-0.15, -0.1) is 0 Å². The van der Waals surface area contributed by atoms with Gasteiger partial charge in [-0.2, -0.15) is 0 Å². The molecule has 2 N–H and O–H groups in total. The Morgan fingerprint density at radius 1 is 0.960 bits per heavy atom. The fourth-order valence-corrected chi connectivity index (χ4v) is 2.30. The lowest BCUT2D eigenvalue weighted by Gasteiger charge is -2.10. The van der Waals surface area contributed by atoms with Gasteiger partial charge in [-0.3, -0.25) is 10.1 Å². The summed E-state index contributed by atoms with van der Waals surface area (Å²) >= 11 is 11.8. The Kier molecular flexibility index (Phi) is 4.92. The second-order valence-corrected chi connectivity index (χ2v) is 5.58. The largest absolute Gasteiger partial charge is 0.353 e. The van der Waals surface area contributed by atoms with Crippen LogP contribution in [0.25, 0.3) is 0 Å². The third kappa shape index (κ3) is 3.93. The van der Waals surface area contributed by atoms with Crippen molar-refractivity contribution in [2.45, 2.75) is 0 Å². The van der Waals surface area contributed by atoms with Crippen LogP contribution >= 0.6 is 23.2 Å². The average Bonchev–Trinajstić information content (AvgIpc) is 2.59. The number of hydrogen-bond acceptors (Lipinski definition) is 7. The maximum Gasteiger partial charge on any atom is 0.353 e. The standard InChI is InChI=1S/C15H10Cl2N6O2/c16-10-5-4-9(7-11(10)17)21-14-13(23(24)25)15(20-8-19-14)22-12-3-1-2-6-18-12/h1-8H,(H2,18,19,20,21,22). The van der Waals surface area contributed by atoms with Gasteiger partial charge in [0.15, 0.2) is 0 Å². The predicted molar refractivity (Wildman–Crippen MR) is 96.0 cm³/mol. The van der Waals surface area contributed by atoms with Crippen LogP contribution in [0.15, 0.2) is 48.9 Å². The van der Waals surface area contributed by atoms with Gasteiger partial charge in [0, 0.05) is 11.9 Å². The van der Waals surface area contributed by atoms with Gasteiger partial charge in [-0.1, -0.05) is 29.3 Å². The number of halogens is 2. The molecule has 0 radical (unpaired) electrons. The van der Waals surface area contributed by atoms with Gasteiger partial charge in [0.05, 0.1) is 15.0 Å². The van der Waals surface area contributed by atoms with E-state index in [0.29, 0.717) is 21.6 Å². The molecular formula is C15H10Cl2N6O2. The molecule has 1 aromatic carbocycles. The molecule has 0 aliphatic heterocycles. The van der Waals surface area contributed by atoms with Crippen LogP contribution in [0.1, 0.15) is 0 Å². The van der Waals surface area contributed by atoms with Gasteiger partial charge in [-0.05, 0) is 30.3 Å². The maximum atomic E-state index is 11.5. The molecule has 0 saturated heterocycles. The number of nitrogens with one attached hydrogen (secondary N) is 2. The molecule has 2 aromatic heterocycles. The molecule has 3 aromatic rings. The Morgan fingerprint density at radius 2 is 1.72 bits per heavy atom. The van der Waals surface area contributed by atoms with E-state index in [9.17, 15) is 10.1 Å². The molecule has 0 saturated carbocycles. The number of hydrogen-bond donors (Lipinski definition) is 2. The molecule has 0 fully saturated rings. The number of aromatic nitrogens is 3. The van der Waals surface area contributed by atoms with Crippen LogP contribution in [0, 0.1) is 10.1 Å². The fourth-order valence-electron chi connectivity index (χ4n) is 2.00. The van der Waals surface area contributed by atoms with Gasteiger partial charge in [0.1, 0.15) is 12.1 Å². The third-order valence-corrected chi connectivity index (χ3v) is 3.84. The second kappa shape index (κ2) is 7.29. The van der Waals surface area contributed by atoms with Crippen molar-refractivity contribution in [1.82, 2.24) is 15.0 Å². The second-order valence-electron chi connectivity index (χ2n) is 4.77. The van der Waals surface area contributed by atoms with Crippen molar-refractivity contribution in [2.24, 2.45) is 0 Å². The minimum absolute atomic E-state index is 0.0109. The van der Waals surface area contributed by atoms with Gasteiger partial charge in [0.2, 0.25) is 11.6 Å². The van der Waals surface area contributed by atoms with Crippen LogP contribution in [-0.2, 0) is 0 Å². The molecule has 0 bridgehead atoms. The van der Waals surface area contributed by atoms with E-state index < -0.39 is 4.92 Å². The summed E-state index contributed by atoms with van der Waals surface area (Å²) in [5.41, 5.74) is 0.180. The van der Waals surface area contributed by atoms with Gasteiger partial charge < -0.3 is 10.6 Å². The zero-order valence-electron chi connectivity index (χ0n) is 12.5. The monoisotopic (exact) mass is 376 g/mol. The lowest BCUT2D eigenvalue weighted by molar-refractivity contribution is -0.383. The lowest BCUT2D eigenvalue weighted by Crippen LogP contribution is -2.06. The van der Waals surface area contributed by atoms with E-state index in [2.05, 4.69) is 25.6 Å². The minimum atomic E-state index is -0.578. The highest BCUT2D eigenvalue weighted by Crippen LogP contribution is 2.34. The molecular weight excluding hydrogens is 367 g/mol. The van der Waals surface area contributed by atoms with E-state index in [1.54, 1.807) is 42.6 Å². The highest BCUT2D eigenvalue weighted by molar-refractivity contribution is 6.42. The van der Waals surface area contributed by atoms with Crippen molar-refractivity contribution < 1.29 is 4.92 Å². The smallest absolute Gasteiger partial charge is 0.334 e. The zero-order valence-corrected chi connectivity index (χ0v) is 14.0. The summed E-state index contributed by atoms with van der Waals surface area (Å²) in [6.45, 7) is 0. The van der Waals surface area contributed by atoms with Crippen molar-refractivity contribution in [3.63, 3.8) is 0 Å². The normalized spacial score (nSPS) is 10.3. The first-order valence-electron chi connectivity index (χ1n) is 6.94. The molecule has 0 unspecified atom stereocenters. The van der Waals surface area contributed by atoms with Crippen molar-refractivity contribution in [2.75, 3.05) is 10.6 Å². The third-order valence-electron chi connectivity index (χ3n) is 3.10. The Labute approximate surface area is 152 Å². The molecule has 0 aliphatic carbocycles. The molecule has 126 valence electrons. The highest BCUT2D eigenvalue weighted by Gasteiger charge is 2.23. The van der Waals surface area contributed by atoms with E-state index >= 15 is 0 Å². The summed E-state index contributed by atoms with van der Waals surface area (Å²) in [6, 6.07) is 9.89. The molecule has 10 heteroatoms. The van der Waals surface area contributed by atoms with Crippen molar-refractivity contribution in [3.05, 3.63) is 69.1 Å². The van der Waals surface area contributed by atoms with E-state index in [0.717, 1.165) is 0 Å².